The van der Waals surface area contributed by atoms with Crippen molar-refractivity contribution in [3.05, 3.63) is 176 Å². The van der Waals surface area contributed by atoms with Crippen LogP contribution in [0.4, 0.5) is 0 Å². The summed E-state index contributed by atoms with van der Waals surface area (Å²) in [7, 11) is 0. The summed E-state index contributed by atoms with van der Waals surface area (Å²) in [5.74, 6) is 1.79. The van der Waals surface area contributed by atoms with Gasteiger partial charge in [-0.15, -0.1) is 0 Å². The van der Waals surface area contributed by atoms with Crippen LogP contribution in [0.2, 0.25) is 0 Å². The maximum atomic E-state index is 5.35. The molecule has 11 aromatic rings. The summed E-state index contributed by atoms with van der Waals surface area (Å²) in [4.78, 5) is 15.9. The average molecular weight is 664 g/mol. The summed E-state index contributed by atoms with van der Waals surface area (Å²) in [6.45, 7) is 0. The summed E-state index contributed by atoms with van der Waals surface area (Å²) in [5, 5.41) is 7.08. The van der Waals surface area contributed by atoms with E-state index >= 15 is 0 Å². The second kappa shape index (κ2) is 11.2. The third kappa shape index (κ3) is 4.33. The van der Waals surface area contributed by atoms with E-state index < -0.39 is 0 Å². The molecular weight excluding hydrogens is 635 g/mol. The number of para-hydroxylation sites is 3. The second-order valence-electron chi connectivity index (χ2n) is 13.3. The minimum atomic E-state index is 0.560. The molecule has 0 aliphatic carbocycles. The average Bonchev–Trinajstić information content (AvgIpc) is 3.49. The van der Waals surface area contributed by atoms with Crippen molar-refractivity contribution in [2.75, 3.05) is 0 Å². The zero-order chi connectivity index (χ0) is 34.2. The maximum absolute atomic E-state index is 5.35. The lowest BCUT2D eigenvalue weighted by Gasteiger charge is -2.14. The molecule has 0 amide bonds. The van der Waals surface area contributed by atoms with E-state index in [0.29, 0.717) is 17.6 Å². The van der Waals surface area contributed by atoms with Crippen molar-refractivity contribution >= 4 is 59.9 Å². The summed E-state index contributed by atoms with van der Waals surface area (Å²) >= 11 is 0. The van der Waals surface area contributed by atoms with Gasteiger partial charge in [0.05, 0.1) is 27.6 Å². The van der Waals surface area contributed by atoms with Crippen molar-refractivity contribution in [2.45, 2.75) is 0 Å². The Labute approximate surface area is 298 Å². The van der Waals surface area contributed by atoms with E-state index in [1.807, 2.05) is 6.07 Å². The van der Waals surface area contributed by atoms with Crippen molar-refractivity contribution in [3.63, 3.8) is 0 Å². The highest BCUT2D eigenvalue weighted by Gasteiger charge is 2.21. The van der Waals surface area contributed by atoms with Gasteiger partial charge in [0.25, 0.3) is 0 Å². The monoisotopic (exact) mass is 663 g/mol. The van der Waals surface area contributed by atoms with Crippen LogP contribution in [0.25, 0.3) is 99.8 Å². The Morgan fingerprint density at radius 2 is 0.962 bits per heavy atom. The molecule has 3 heterocycles. The van der Waals surface area contributed by atoms with E-state index in [9.17, 15) is 0 Å². The Kier molecular flexibility index (Phi) is 6.18. The van der Waals surface area contributed by atoms with Gasteiger partial charge in [-0.25, -0.2) is 4.98 Å². The van der Waals surface area contributed by atoms with E-state index in [0.717, 1.165) is 55.0 Å². The summed E-state index contributed by atoms with van der Waals surface area (Å²) in [5.41, 5.74) is 9.54. The normalized spacial score (nSPS) is 11.8. The van der Waals surface area contributed by atoms with E-state index in [2.05, 4.69) is 179 Å². The van der Waals surface area contributed by atoms with Gasteiger partial charge in [0.2, 0.25) is 5.95 Å². The number of aromatic nitrogens is 5. The fraction of sp³-hybridized carbons (Fsp3) is 0. The van der Waals surface area contributed by atoms with Gasteiger partial charge in [-0.2, -0.15) is 9.97 Å². The molecule has 0 aliphatic heterocycles. The molecule has 0 aliphatic rings. The summed E-state index contributed by atoms with van der Waals surface area (Å²) in [6, 6.07) is 62.1. The highest BCUT2D eigenvalue weighted by atomic mass is 15.2. The quantitative estimate of drug-likeness (QED) is 0.188. The molecule has 0 spiro atoms. The molecule has 0 fully saturated rings. The first-order valence-corrected chi connectivity index (χ1v) is 17.5. The third-order valence-electron chi connectivity index (χ3n) is 10.3. The van der Waals surface area contributed by atoms with Crippen molar-refractivity contribution in [1.82, 2.24) is 23.9 Å². The Balaban J connectivity index is 1.28. The van der Waals surface area contributed by atoms with Crippen LogP contribution in [-0.4, -0.2) is 23.9 Å². The topological polar surface area (TPSA) is 48.0 Å². The first-order valence-electron chi connectivity index (χ1n) is 17.5. The molecule has 0 bridgehead atoms. The van der Waals surface area contributed by atoms with Crippen LogP contribution >= 0.6 is 0 Å². The summed E-state index contributed by atoms with van der Waals surface area (Å²) in [6.07, 6.45) is 0. The summed E-state index contributed by atoms with van der Waals surface area (Å²) < 4.78 is 4.65. The largest absolute Gasteiger partial charge is 0.306 e. The SMILES string of the molecule is c1ccc(-c2cccc(-c3nc(-c4ccc5ccccc5c4)nc(-n4c5cccc6ccc7c8ccccc8n(c8ccccc84)c7c65)n3)c2)cc1. The first kappa shape index (κ1) is 28.7. The molecule has 0 saturated carbocycles. The molecule has 0 atom stereocenters. The van der Waals surface area contributed by atoms with Gasteiger partial charge in [0.15, 0.2) is 11.6 Å². The highest BCUT2D eigenvalue weighted by molar-refractivity contribution is 6.23. The number of rotatable bonds is 4. The van der Waals surface area contributed by atoms with Crippen molar-refractivity contribution in [2.24, 2.45) is 0 Å². The van der Waals surface area contributed by atoms with Crippen LogP contribution in [0.3, 0.4) is 0 Å². The smallest absolute Gasteiger partial charge is 0.238 e. The third-order valence-corrected chi connectivity index (χ3v) is 10.3. The van der Waals surface area contributed by atoms with E-state index in [1.165, 1.54) is 27.2 Å². The predicted octanol–water partition coefficient (Wildman–Crippen LogP) is 11.7. The molecule has 5 nitrogen and oxygen atoms in total. The zero-order valence-electron chi connectivity index (χ0n) is 28.0. The second-order valence-corrected chi connectivity index (χ2v) is 13.3. The number of fused-ring (bicyclic) bond motifs is 6. The van der Waals surface area contributed by atoms with Gasteiger partial charge in [-0.05, 0) is 63.7 Å². The number of benzene rings is 8. The molecule has 0 saturated heterocycles. The Morgan fingerprint density at radius 3 is 1.83 bits per heavy atom. The van der Waals surface area contributed by atoms with Gasteiger partial charge >= 0.3 is 0 Å². The van der Waals surface area contributed by atoms with Crippen LogP contribution in [0.15, 0.2) is 176 Å². The molecule has 11 rings (SSSR count). The van der Waals surface area contributed by atoms with Crippen molar-refractivity contribution < 1.29 is 0 Å². The van der Waals surface area contributed by atoms with Crippen LogP contribution in [-0.2, 0) is 0 Å². The van der Waals surface area contributed by atoms with Gasteiger partial charge in [0, 0.05) is 27.3 Å². The molecule has 3 aromatic heterocycles. The zero-order valence-corrected chi connectivity index (χ0v) is 28.0. The molecule has 0 unspecified atom stereocenters. The first-order chi connectivity index (χ1) is 25.8. The lowest BCUT2D eigenvalue weighted by molar-refractivity contribution is 0.950. The molecule has 8 aromatic carbocycles. The highest BCUT2D eigenvalue weighted by Crippen LogP contribution is 2.39. The molecule has 52 heavy (non-hydrogen) atoms. The molecular formula is C47H29N5. The fourth-order valence-corrected chi connectivity index (χ4v) is 7.95. The standard InChI is InChI=1S/C47H29N5/c1-2-12-30(13-3-1)34-17-10-18-35(28-34)45-48-46(36-25-24-31-14-4-5-15-33(31)29-36)50-47(49-45)52-41-22-9-8-21-40(41)51-39-20-7-6-19-37(39)38-27-26-32-16-11-23-42(52)43(32)44(38)51/h1-29H. The Hall–Kier alpha value is -7.11. The predicted molar refractivity (Wildman–Crippen MR) is 214 cm³/mol. The van der Waals surface area contributed by atoms with Crippen molar-refractivity contribution in [1.29, 1.82) is 0 Å². The Morgan fingerprint density at radius 1 is 0.346 bits per heavy atom. The van der Waals surface area contributed by atoms with E-state index in [4.69, 9.17) is 15.0 Å². The minimum Gasteiger partial charge on any atom is -0.306 e. The van der Waals surface area contributed by atoms with Gasteiger partial charge in [0.1, 0.15) is 0 Å². The maximum Gasteiger partial charge on any atom is 0.238 e. The van der Waals surface area contributed by atoms with Crippen LogP contribution < -0.4 is 0 Å². The van der Waals surface area contributed by atoms with Crippen molar-refractivity contribution in [3.8, 4) is 39.9 Å². The number of hydrogen-bond donors (Lipinski definition) is 0. The minimum absolute atomic E-state index is 0.560. The molecule has 0 N–H and O–H groups in total. The fourth-order valence-electron chi connectivity index (χ4n) is 7.95. The lowest BCUT2D eigenvalue weighted by Crippen LogP contribution is -2.08. The molecule has 5 heteroatoms. The molecule has 0 radical (unpaired) electrons. The van der Waals surface area contributed by atoms with Gasteiger partial charge < -0.3 is 4.40 Å². The van der Waals surface area contributed by atoms with Crippen LogP contribution in [0, 0.1) is 0 Å². The van der Waals surface area contributed by atoms with Gasteiger partial charge in [-0.3, -0.25) is 4.57 Å². The Bertz CT molecular complexity index is 3180. The van der Waals surface area contributed by atoms with Crippen LogP contribution in [0.1, 0.15) is 0 Å². The van der Waals surface area contributed by atoms with E-state index in [-0.39, 0.29) is 0 Å². The van der Waals surface area contributed by atoms with E-state index in [1.54, 1.807) is 0 Å². The van der Waals surface area contributed by atoms with Gasteiger partial charge in [-0.1, -0.05) is 140 Å². The lowest BCUT2D eigenvalue weighted by atomic mass is 10.0. The number of hydrogen-bond acceptors (Lipinski definition) is 3. The number of nitrogens with zero attached hydrogens (tertiary/aromatic N) is 5. The van der Waals surface area contributed by atoms with Crippen LogP contribution in [0.5, 0.6) is 0 Å². The molecule has 242 valence electrons.